The fourth-order valence-corrected chi connectivity index (χ4v) is 2.70. The first-order valence-electron chi connectivity index (χ1n) is 8.68. The Balaban J connectivity index is 1.51. The van der Waals surface area contributed by atoms with Crippen molar-refractivity contribution < 1.29 is 19.2 Å². The number of ether oxygens (including phenoxy) is 2. The predicted molar refractivity (Wildman–Crippen MR) is 102 cm³/mol. The zero-order valence-corrected chi connectivity index (χ0v) is 14.7. The summed E-state index contributed by atoms with van der Waals surface area (Å²) < 4.78 is 11.2. The lowest BCUT2D eigenvalue weighted by molar-refractivity contribution is -0.384. The number of hydrogen-bond acceptors (Lipinski definition) is 5. The lowest BCUT2D eigenvalue weighted by atomic mass is 10.2. The average molecular weight is 368 g/mol. The number of nitro benzene ring substituents is 1. The van der Waals surface area contributed by atoms with Gasteiger partial charge in [0.1, 0.15) is 12.4 Å². The van der Waals surface area contributed by atoms with Gasteiger partial charge in [0.25, 0.3) is 5.69 Å². The van der Waals surface area contributed by atoms with Crippen LogP contribution < -0.4 is 10.1 Å². The van der Waals surface area contributed by atoms with Crippen LogP contribution >= 0.6 is 0 Å². The van der Waals surface area contributed by atoms with Gasteiger partial charge in [-0.05, 0) is 48.7 Å². The standard InChI is InChI=1S/C20H20N2O5/c23-20(11-6-15-3-1-4-17(13-15)22(24)25)21-16-7-9-18(10-8-16)27-14-19-5-2-12-26-19/h1,3-4,6-11,13,19H,2,5,12,14H2,(H,21,23)/b11-6+. The van der Waals surface area contributed by atoms with Crippen molar-refractivity contribution in [3.05, 3.63) is 70.3 Å². The van der Waals surface area contributed by atoms with E-state index in [1.165, 1.54) is 24.3 Å². The highest BCUT2D eigenvalue weighted by molar-refractivity contribution is 6.01. The second-order valence-electron chi connectivity index (χ2n) is 6.15. The number of amides is 1. The molecule has 7 heteroatoms. The van der Waals surface area contributed by atoms with Gasteiger partial charge in [-0.1, -0.05) is 12.1 Å². The van der Waals surface area contributed by atoms with E-state index in [9.17, 15) is 14.9 Å². The fourth-order valence-electron chi connectivity index (χ4n) is 2.70. The quantitative estimate of drug-likeness (QED) is 0.456. The Morgan fingerprint density at radius 2 is 2.11 bits per heavy atom. The number of nitrogens with zero attached hydrogens (tertiary/aromatic N) is 1. The molecule has 1 fully saturated rings. The molecule has 1 saturated heterocycles. The Morgan fingerprint density at radius 1 is 1.30 bits per heavy atom. The van der Waals surface area contributed by atoms with Crippen LogP contribution in [0.5, 0.6) is 5.75 Å². The van der Waals surface area contributed by atoms with Crippen molar-refractivity contribution in [3.63, 3.8) is 0 Å². The molecule has 2 aromatic rings. The van der Waals surface area contributed by atoms with E-state index in [0.717, 1.165) is 25.2 Å². The maximum absolute atomic E-state index is 12.0. The van der Waals surface area contributed by atoms with E-state index in [4.69, 9.17) is 9.47 Å². The normalized spacial score (nSPS) is 16.4. The number of nitrogens with one attached hydrogen (secondary N) is 1. The molecule has 0 radical (unpaired) electrons. The van der Waals surface area contributed by atoms with Gasteiger partial charge >= 0.3 is 0 Å². The van der Waals surface area contributed by atoms with E-state index >= 15 is 0 Å². The second-order valence-corrected chi connectivity index (χ2v) is 6.15. The van der Waals surface area contributed by atoms with Gasteiger partial charge in [0.15, 0.2) is 0 Å². The maximum Gasteiger partial charge on any atom is 0.270 e. The summed E-state index contributed by atoms with van der Waals surface area (Å²) in [6.07, 6.45) is 5.11. The molecule has 0 aliphatic carbocycles. The van der Waals surface area contributed by atoms with Crippen molar-refractivity contribution in [2.45, 2.75) is 18.9 Å². The monoisotopic (exact) mass is 368 g/mol. The summed E-state index contributed by atoms with van der Waals surface area (Å²) in [5.41, 5.74) is 1.20. The molecular weight excluding hydrogens is 348 g/mol. The topological polar surface area (TPSA) is 90.7 Å². The van der Waals surface area contributed by atoms with Crippen molar-refractivity contribution in [1.29, 1.82) is 0 Å². The number of anilines is 1. The smallest absolute Gasteiger partial charge is 0.270 e. The van der Waals surface area contributed by atoms with Crippen LogP contribution in [0, 0.1) is 10.1 Å². The van der Waals surface area contributed by atoms with Crippen molar-refractivity contribution in [1.82, 2.24) is 0 Å². The molecule has 3 rings (SSSR count). The second kappa shape index (κ2) is 8.95. The molecule has 7 nitrogen and oxygen atoms in total. The first kappa shape index (κ1) is 18.6. The zero-order chi connectivity index (χ0) is 19.1. The highest BCUT2D eigenvalue weighted by atomic mass is 16.6. The number of benzene rings is 2. The molecule has 1 aliphatic heterocycles. The van der Waals surface area contributed by atoms with Gasteiger partial charge in [-0.15, -0.1) is 0 Å². The minimum Gasteiger partial charge on any atom is -0.491 e. The van der Waals surface area contributed by atoms with Crippen LogP contribution in [0.2, 0.25) is 0 Å². The minimum absolute atomic E-state index is 0.0175. The lowest BCUT2D eigenvalue weighted by Crippen LogP contribution is -2.16. The number of hydrogen-bond donors (Lipinski definition) is 1. The van der Waals surface area contributed by atoms with Crippen molar-refractivity contribution in [2.75, 3.05) is 18.5 Å². The third-order valence-electron chi connectivity index (χ3n) is 4.09. The van der Waals surface area contributed by atoms with Gasteiger partial charge in [-0.3, -0.25) is 14.9 Å². The van der Waals surface area contributed by atoms with Crippen LogP contribution in [-0.4, -0.2) is 30.1 Å². The molecule has 0 saturated carbocycles. The molecule has 2 aromatic carbocycles. The fraction of sp³-hybridized carbons (Fsp3) is 0.250. The van der Waals surface area contributed by atoms with Crippen LogP contribution in [0.25, 0.3) is 6.08 Å². The molecule has 1 unspecified atom stereocenters. The first-order valence-corrected chi connectivity index (χ1v) is 8.68. The van der Waals surface area contributed by atoms with E-state index in [-0.39, 0.29) is 17.7 Å². The summed E-state index contributed by atoms with van der Waals surface area (Å²) in [4.78, 5) is 22.3. The molecule has 0 bridgehead atoms. The molecule has 1 atom stereocenters. The molecule has 1 N–H and O–H groups in total. The van der Waals surface area contributed by atoms with Gasteiger partial charge in [0.05, 0.1) is 11.0 Å². The zero-order valence-electron chi connectivity index (χ0n) is 14.7. The first-order chi connectivity index (χ1) is 13.1. The van der Waals surface area contributed by atoms with Crippen molar-refractivity contribution in [2.24, 2.45) is 0 Å². The van der Waals surface area contributed by atoms with Gasteiger partial charge in [0, 0.05) is 30.5 Å². The van der Waals surface area contributed by atoms with Gasteiger partial charge in [-0.25, -0.2) is 0 Å². The van der Waals surface area contributed by atoms with E-state index in [1.54, 1.807) is 36.4 Å². The van der Waals surface area contributed by atoms with E-state index in [2.05, 4.69) is 5.32 Å². The Bertz CT molecular complexity index is 827. The van der Waals surface area contributed by atoms with Crippen LogP contribution in [0.4, 0.5) is 11.4 Å². The van der Waals surface area contributed by atoms with Crippen molar-refractivity contribution in [3.8, 4) is 5.75 Å². The van der Waals surface area contributed by atoms with Crippen LogP contribution in [0.3, 0.4) is 0 Å². The van der Waals surface area contributed by atoms with Crippen molar-refractivity contribution >= 4 is 23.4 Å². The Hall–Kier alpha value is -3.19. The van der Waals surface area contributed by atoms with Gasteiger partial charge in [0.2, 0.25) is 5.91 Å². The van der Waals surface area contributed by atoms with Gasteiger partial charge in [-0.2, -0.15) is 0 Å². The highest BCUT2D eigenvalue weighted by Gasteiger charge is 2.15. The average Bonchev–Trinajstić information content (AvgIpc) is 3.20. The molecule has 140 valence electrons. The molecule has 27 heavy (non-hydrogen) atoms. The van der Waals surface area contributed by atoms with E-state index in [0.29, 0.717) is 17.9 Å². The third kappa shape index (κ3) is 5.65. The molecular formula is C20H20N2O5. The summed E-state index contributed by atoms with van der Waals surface area (Å²) in [6, 6.07) is 13.2. The number of carbonyl (C=O) groups excluding carboxylic acids is 1. The summed E-state index contributed by atoms with van der Waals surface area (Å²) in [5.74, 6) is 0.394. The third-order valence-corrected chi connectivity index (χ3v) is 4.09. The van der Waals surface area contributed by atoms with E-state index in [1.807, 2.05) is 0 Å². The Kier molecular flexibility index (Phi) is 6.17. The van der Waals surface area contributed by atoms with Gasteiger partial charge < -0.3 is 14.8 Å². The van der Waals surface area contributed by atoms with Crippen LogP contribution in [-0.2, 0) is 9.53 Å². The molecule has 0 aromatic heterocycles. The lowest BCUT2D eigenvalue weighted by Gasteiger charge is -2.11. The summed E-state index contributed by atoms with van der Waals surface area (Å²) in [7, 11) is 0. The van der Waals surface area contributed by atoms with Crippen LogP contribution in [0.15, 0.2) is 54.6 Å². The maximum atomic E-state index is 12.0. The predicted octanol–water partition coefficient (Wildman–Crippen LogP) is 3.80. The number of carbonyl (C=O) groups is 1. The molecule has 1 aliphatic rings. The summed E-state index contributed by atoms with van der Waals surface area (Å²) in [6.45, 7) is 1.32. The summed E-state index contributed by atoms with van der Waals surface area (Å²) in [5, 5.41) is 13.5. The Labute approximate surface area is 156 Å². The SMILES string of the molecule is O=C(/C=C/c1cccc([N+](=O)[O-])c1)Nc1ccc(OCC2CCCO2)cc1. The highest BCUT2D eigenvalue weighted by Crippen LogP contribution is 2.19. The number of non-ortho nitro benzene ring substituents is 1. The largest absolute Gasteiger partial charge is 0.491 e. The number of nitro groups is 1. The molecule has 0 spiro atoms. The molecule has 1 amide bonds. The minimum atomic E-state index is -0.472. The Morgan fingerprint density at radius 3 is 2.81 bits per heavy atom. The summed E-state index contributed by atoms with van der Waals surface area (Å²) >= 11 is 0. The number of rotatable bonds is 7. The molecule has 1 heterocycles. The van der Waals surface area contributed by atoms with Crippen LogP contribution in [0.1, 0.15) is 18.4 Å². The van der Waals surface area contributed by atoms with E-state index < -0.39 is 4.92 Å².